The zero-order valence-electron chi connectivity index (χ0n) is 16.2. The SMILES string of the molecule is C=C1CN(c2cc(OC)c(OC)c(OC)c2)[C@H]1c1ccc(C(C)C)cc1. The number of hydrogen-bond acceptors (Lipinski definition) is 4. The van der Waals surface area contributed by atoms with E-state index in [1.165, 1.54) is 16.7 Å². The van der Waals surface area contributed by atoms with Crippen molar-refractivity contribution in [2.24, 2.45) is 0 Å². The minimum atomic E-state index is 0.166. The van der Waals surface area contributed by atoms with Gasteiger partial charge in [0.25, 0.3) is 0 Å². The fourth-order valence-corrected chi connectivity index (χ4v) is 3.46. The van der Waals surface area contributed by atoms with Gasteiger partial charge in [0.1, 0.15) is 0 Å². The molecule has 0 aliphatic carbocycles. The topological polar surface area (TPSA) is 30.9 Å². The molecule has 1 saturated heterocycles. The Bertz CT molecular complexity index is 771. The first-order valence-electron chi connectivity index (χ1n) is 8.84. The Labute approximate surface area is 156 Å². The molecule has 138 valence electrons. The second-order valence-electron chi connectivity index (χ2n) is 6.89. The second-order valence-corrected chi connectivity index (χ2v) is 6.89. The van der Waals surface area contributed by atoms with Gasteiger partial charge in [-0.2, -0.15) is 0 Å². The third-order valence-electron chi connectivity index (χ3n) is 4.97. The fourth-order valence-electron chi connectivity index (χ4n) is 3.46. The van der Waals surface area contributed by atoms with E-state index < -0.39 is 0 Å². The van der Waals surface area contributed by atoms with Gasteiger partial charge in [0.15, 0.2) is 11.5 Å². The number of rotatable bonds is 6. The molecular formula is C22H27NO3. The first-order chi connectivity index (χ1) is 12.5. The lowest BCUT2D eigenvalue weighted by Gasteiger charge is -2.45. The van der Waals surface area contributed by atoms with E-state index in [2.05, 4.69) is 49.6 Å². The molecule has 3 rings (SSSR count). The Hall–Kier alpha value is -2.62. The molecule has 2 aromatic rings. The molecule has 0 saturated carbocycles. The molecule has 0 aromatic heterocycles. The molecule has 0 N–H and O–H groups in total. The van der Waals surface area contributed by atoms with Crippen molar-refractivity contribution in [3.63, 3.8) is 0 Å². The average molecular weight is 353 g/mol. The lowest BCUT2D eigenvalue weighted by atomic mass is 9.88. The number of anilines is 1. The van der Waals surface area contributed by atoms with Crippen LogP contribution < -0.4 is 19.1 Å². The zero-order chi connectivity index (χ0) is 18.8. The molecule has 0 amide bonds. The highest BCUT2D eigenvalue weighted by molar-refractivity contribution is 5.67. The van der Waals surface area contributed by atoms with Crippen molar-refractivity contribution < 1.29 is 14.2 Å². The largest absolute Gasteiger partial charge is 0.493 e. The van der Waals surface area contributed by atoms with Crippen LogP contribution in [0.15, 0.2) is 48.6 Å². The maximum absolute atomic E-state index is 5.49. The molecular weight excluding hydrogens is 326 g/mol. The smallest absolute Gasteiger partial charge is 0.203 e. The Morgan fingerprint density at radius 2 is 1.54 bits per heavy atom. The zero-order valence-corrected chi connectivity index (χ0v) is 16.2. The van der Waals surface area contributed by atoms with Crippen molar-refractivity contribution in [1.82, 2.24) is 0 Å². The van der Waals surface area contributed by atoms with E-state index in [0.29, 0.717) is 23.2 Å². The number of nitrogens with zero attached hydrogens (tertiary/aromatic N) is 1. The highest BCUT2D eigenvalue weighted by Crippen LogP contribution is 2.47. The summed E-state index contributed by atoms with van der Waals surface area (Å²) in [5, 5.41) is 0. The molecule has 26 heavy (non-hydrogen) atoms. The average Bonchev–Trinajstić information content (AvgIpc) is 2.65. The summed E-state index contributed by atoms with van der Waals surface area (Å²) in [6, 6.07) is 13.0. The summed E-state index contributed by atoms with van der Waals surface area (Å²) in [6.45, 7) is 9.47. The Kier molecular flexibility index (Phi) is 5.12. The lowest BCUT2D eigenvalue weighted by molar-refractivity contribution is 0.324. The van der Waals surface area contributed by atoms with Gasteiger partial charge in [-0.05, 0) is 22.6 Å². The molecule has 1 atom stereocenters. The monoisotopic (exact) mass is 353 g/mol. The van der Waals surface area contributed by atoms with E-state index in [4.69, 9.17) is 14.2 Å². The standard InChI is InChI=1S/C22H27NO3/c1-14(2)16-7-9-17(10-8-16)21-15(3)13-23(21)18-11-19(24-4)22(26-6)20(12-18)25-5/h7-12,14,21H,3,13H2,1-2,4-6H3/t21-/m1/s1. The van der Waals surface area contributed by atoms with Gasteiger partial charge in [-0.25, -0.2) is 0 Å². The van der Waals surface area contributed by atoms with E-state index in [1.807, 2.05) is 12.1 Å². The molecule has 1 aliphatic rings. The van der Waals surface area contributed by atoms with E-state index in [0.717, 1.165) is 12.2 Å². The predicted molar refractivity (Wildman–Crippen MR) is 106 cm³/mol. The van der Waals surface area contributed by atoms with Crippen LogP contribution in [0.4, 0.5) is 5.69 Å². The van der Waals surface area contributed by atoms with Crippen molar-refractivity contribution in [1.29, 1.82) is 0 Å². The normalized spacial score (nSPS) is 16.5. The van der Waals surface area contributed by atoms with Crippen molar-refractivity contribution in [2.75, 3.05) is 32.8 Å². The lowest BCUT2D eigenvalue weighted by Crippen LogP contribution is -2.43. The summed E-state index contributed by atoms with van der Waals surface area (Å²) in [7, 11) is 4.89. The van der Waals surface area contributed by atoms with Crippen LogP contribution in [0.25, 0.3) is 0 Å². The molecule has 0 bridgehead atoms. The Morgan fingerprint density at radius 3 is 1.96 bits per heavy atom. The quantitative estimate of drug-likeness (QED) is 0.687. The minimum Gasteiger partial charge on any atom is -0.493 e. The van der Waals surface area contributed by atoms with Crippen LogP contribution in [0.3, 0.4) is 0 Å². The van der Waals surface area contributed by atoms with Gasteiger partial charge < -0.3 is 19.1 Å². The van der Waals surface area contributed by atoms with Crippen LogP contribution in [0.1, 0.15) is 36.9 Å². The van der Waals surface area contributed by atoms with Gasteiger partial charge in [-0.3, -0.25) is 0 Å². The van der Waals surface area contributed by atoms with E-state index in [9.17, 15) is 0 Å². The van der Waals surface area contributed by atoms with Crippen molar-refractivity contribution >= 4 is 5.69 Å². The van der Waals surface area contributed by atoms with Crippen LogP contribution >= 0.6 is 0 Å². The van der Waals surface area contributed by atoms with Crippen molar-refractivity contribution in [2.45, 2.75) is 25.8 Å². The molecule has 0 spiro atoms. The minimum absolute atomic E-state index is 0.166. The molecule has 1 heterocycles. The molecule has 1 fully saturated rings. The number of benzene rings is 2. The third kappa shape index (κ3) is 3.12. The third-order valence-corrected chi connectivity index (χ3v) is 4.97. The first-order valence-corrected chi connectivity index (χ1v) is 8.84. The van der Waals surface area contributed by atoms with Crippen LogP contribution in [-0.4, -0.2) is 27.9 Å². The summed E-state index contributed by atoms with van der Waals surface area (Å²) in [4.78, 5) is 2.30. The number of methoxy groups -OCH3 is 3. The van der Waals surface area contributed by atoms with Crippen LogP contribution in [-0.2, 0) is 0 Å². The molecule has 0 radical (unpaired) electrons. The van der Waals surface area contributed by atoms with Crippen molar-refractivity contribution in [3.8, 4) is 17.2 Å². The van der Waals surface area contributed by atoms with Crippen LogP contribution in [0.2, 0.25) is 0 Å². The molecule has 2 aromatic carbocycles. The summed E-state index contributed by atoms with van der Waals surface area (Å²) in [5.74, 6) is 2.46. The first kappa shape index (κ1) is 18.2. The maximum Gasteiger partial charge on any atom is 0.203 e. The summed E-state index contributed by atoms with van der Waals surface area (Å²) < 4.78 is 16.4. The maximum atomic E-state index is 5.49. The van der Waals surface area contributed by atoms with E-state index in [1.54, 1.807) is 21.3 Å². The predicted octanol–water partition coefficient (Wildman–Crippen LogP) is 4.95. The fraction of sp³-hybridized carbons (Fsp3) is 0.364. The van der Waals surface area contributed by atoms with Crippen molar-refractivity contribution in [3.05, 3.63) is 59.7 Å². The molecule has 4 heteroatoms. The van der Waals surface area contributed by atoms with Gasteiger partial charge >= 0.3 is 0 Å². The molecule has 1 aliphatic heterocycles. The van der Waals surface area contributed by atoms with Gasteiger partial charge in [0.05, 0.1) is 27.4 Å². The van der Waals surface area contributed by atoms with Gasteiger partial charge in [0.2, 0.25) is 5.75 Å². The van der Waals surface area contributed by atoms with Gasteiger partial charge in [0, 0.05) is 24.4 Å². The van der Waals surface area contributed by atoms with Crippen LogP contribution in [0.5, 0.6) is 17.2 Å². The number of ether oxygens (including phenoxy) is 3. The van der Waals surface area contributed by atoms with E-state index in [-0.39, 0.29) is 6.04 Å². The Balaban J connectivity index is 1.95. The highest BCUT2D eigenvalue weighted by Gasteiger charge is 2.34. The highest BCUT2D eigenvalue weighted by atomic mass is 16.5. The van der Waals surface area contributed by atoms with Crippen LogP contribution in [0, 0.1) is 0 Å². The number of hydrogen-bond donors (Lipinski definition) is 0. The molecule has 4 nitrogen and oxygen atoms in total. The molecule has 0 unspecified atom stereocenters. The van der Waals surface area contributed by atoms with Gasteiger partial charge in [-0.1, -0.05) is 44.7 Å². The van der Waals surface area contributed by atoms with Gasteiger partial charge in [-0.15, -0.1) is 0 Å². The summed E-state index contributed by atoms with van der Waals surface area (Å²) >= 11 is 0. The summed E-state index contributed by atoms with van der Waals surface area (Å²) in [6.07, 6.45) is 0. The Morgan fingerprint density at radius 1 is 0.962 bits per heavy atom. The summed E-state index contributed by atoms with van der Waals surface area (Å²) in [5.41, 5.74) is 4.83. The van der Waals surface area contributed by atoms with E-state index >= 15 is 0 Å². The second kappa shape index (κ2) is 7.32.